The maximum absolute atomic E-state index is 3.19. The van der Waals surface area contributed by atoms with E-state index in [1.807, 2.05) is 30.3 Å². The zero-order chi connectivity index (χ0) is 13.2. The fraction of sp³-hybridized carbons (Fsp3) is 0.333. The molecule has 1 aromatic carbocycles. The fourth-order valence-electron chi connectivity index (χ4n) is 1.68. The largest absolute Gasteiger partial charge is 0.0705 e. The molecule has 0 aliphatic rings. The first kappa shape index (κ1) is 14.3. The lowest BCUT2D eigenvalue weighted by atomic mass is 10.1. The molecule has 0 unspecified atom stereocenters. The molecule has 0 nitrogen and oxygen atoms in total. The van der Waals surface area contributed by atoms with Crippen molar-refractivity contribution in [3.63, 3.8) is 0 Å². The second-order valence-corrected chi connectivity index (χ2v) is 4.39. The Kier molecular flexibility index (Phi) is 6.66. The van der Waals surface area contributed by atoms with E-state index in [2.05, 4.69) is 44.8 Å². The summed E-state index contributed by atoms with van der Waals surface area (Å²) in [6.45, 7) is 6.49. The highest BCUT2D eigenvalue weighted by molar-refractivity contribution is 5.40. The molecule has 0 N–H and O–H groups in total. The molecule has 0 spiro atoms. The molecule has 1 aromatic rings. The standard InChI is InChI=1S/C18H22/c1-4-9-17(5-2)14-12-16(3)13-15-18-10-7-6-8-11-18/h6-8,10-12,14H,4-5,9H2,1-3H3/b16-12+,17-14+. The Bertz CT molecular complexity index is 464. The Hall–Kier alpha value is -1.74. The van der Waals surface area contributed by atoms with E-state index in [0.29, 0.717) is 0 Å². The fourth-order valence-corrected chi connectivity index (χ4v) is 1.68. The van der Waals surface area contributed by atoms with Crippen LogP contribution in [0, 0.1) is 11.8 Å². The minimum atomic E-state index is 1.07. The molecule has 1 rings (SSSR count). The SMILES string of the molecule is CCC/C(=C/C=C(\C)C#Cc1ccccc1)CC. The van der Waals surface area contributed by atoms with Gasteiger partial charge in [-0.3, -0.25) is 0 Å². The first-order valence-electron chi connectivity index (χ1n) is 6.69. The van der Waals surface area contributed by atoms with Crippen LogP contribution in [-0.2, 0) is 0 Å². The zero-order valence-corrected chi connectivity index (χ0v) is 11.7. The zero-order valence-electron chi connectivity index (χ0n) is 11.7. The first-order chi connectivity index (χ1) is 8.76. The van der Waals surface area contributed by atoms with E-state index < -0.39 is 0 Å². The summed E-state index contributed by atoms with van der Waals surface area (Å²) in [5, 5.41) is 0. The molecule has 0 aromatic heterocycles. The summed E-state index contributed by atoms with van der Waals surface area (Å²) in [6.07, 6.45) is 7.88. The van der Waals surface area contributed by atoms with Crippen LogP contribution in [-0.4, -0.2) is 0 Å². The summed E-state index contributed by atoms with van der Waals surface area (Å²) >= 11 is 0. The molecule has 0 saturated carbocycles. The summed E-state index contributed by atoms with van der Waals surface area (Å²) in [7, 11) is 0. The quantitative estimate of drug-likeness (QED) is 0.504. The maximum Gasteiger partial charge on any atom is 0.0248 e. The Morgan fingerprint density at radius 3 is 2.44 bits per heavy atom. The van der Waals surface area contributed by atoms with Crippen LogP contribution < -0.4 is 0 Å². The van der Waals surface area contributed by atoms with Gasteiger partial charge in [-0.2, -0.15) is 0 Å². The van der Waals surface area contributed by atoms with Crippen molar-refractivity contribution in [1.82, 2.24) is 0 Å². The number of hydrogen-bond donors (Lipinski definition) is 0. The number of rotatable bonds is 4. The van der Waals surface area contributed by atoms with E-state index in [0.717, 1.165) is 17.6 Å². The number of allylic oxidation sites excluding steroid dienone is 4. The van der Waals surface area contributed by atoms with Crippen molar-refractivity contribution >= 4 is 0 Å². The molecule has 0 fully saturated rings. The summed E-state index contributed by atoms with van der Waals surface area (Å²) in [5.74, 6) is 6.36. The molecule has 94 valence electrons. The van der Waals surface area contributed by atoms with Crippen LogP contribution in [0.25, 0.3) is 0 Å². The van der Waals surface area contributed by atoms with Crippen LogP contribution in [0.15, 0.2) is 53.6 Å². The van der Waals surface area contributed by atoms with E-state index in [1.54, 1.807) is 0 Å². The third kappa shape index (κ3) is 5.55. The van der Waals surface area contributed by atoms with Gasteiger partial charge in [0.1, 0.15) is 0 Å². The monoisotopic (exact) mass is 238 g/mol. The van der Waals surface area contributed by atoms with E-state index in [1.165, 1.54) is 18.4 Å². The summed E-state index contributed by atoms with van der Waals surface area (Å²) in [5.41, 5.74) is 3.68. The summed E-state index contributed by atoms with van der Waals surface area (Å²) in [6, 6.07) is 10.1. The molecule has 0 aliphatic carbocycles. The van der Waals surface area contributed by atoms with Crippen molar-refractivity contribution in [2.24, 2.45) is 0 Å². The van der Waals surface area contributed by atoms with Gasteiger partial charge < -0.3 is 0 Å². The molecule has 0 heterocycles. The highest BCUT2D eigenvalue weighted by atomic mass is 14.0. The van der Waals surface area contributed by atoms with Gasteiger partial charge in [-0.05, 0) is 37.5 Å². The van der Waals surface area contributed by atoms with E-state index in [9.17, 15) is 0 Å². The minimum absolute atomic E-state index is 1.07. The predicted molar refractivity (Wildman–Crippen MR) is 80.4 cm³/mol. The maximum atomic E-state index is 3.19. The molecule has 0 radical (unpaired) electrons. The summed E-state index contributed by atoms with van der Waals surface area (Å²) in [4.78, 5) is 0. The van der Waals surface area contributed by atoms with Crippen molar-refractivity contribution in [3.8, 4) is 11.8 Å². The first-order valence-corrected chi connectivity index (χ1v) is 6.69. The molecule has 0 saturated heterocycles. The molecular weight excluding hydrogens is 216 g/mol. The van der Waals surface area contributed by atoms with Crippen LogP contribution in [0.1, 0.15) is 45.6 Å². The molecule has 18 heavy (non-hydrogen) atoms. The van der Waals surface area contributed by atoms with Crippen LogP contribution in [0.4, 0.5) is 0 Å². The third-order valence-corrected chi connectivity index (χ3v) is 2.77. The van der Waals surface area contributed by atoms with Gasteiger partial charge in [0.2, 0.25) is 0 Å². The summed E-state index contributed by atoms with van der Waals surface area (Å²) < 4.78 is 0. The Balaban J connectivity index is 2.71. The average molecular weight is 238 g/mol. The minimum Gasteiger partial charge on any atom is -0.0705 e. The smallest absolute Gasteiger partial charge is 0.0248 e. The Labute approximate surface area is 111 Å². The molecule has 0 heteroatoms. The highest BCUT2D eigenvalue weighted by Crippen LogP contribution is 2.09. The van der Waals surface area contributed by atoms with Gasteiger partial charge in [0.05, 0.1) is 0 Å². The van der Waals surface area contributed by atoms with Gasteiger partial charge in [0.15, 0.2) is 0 Å². The third-order valence-electron chi connectivity index (χ3n) is 2.77. The molecule has 0 amide bonds. The van der Waals surface area contributed by atoms with Crippen molar-refractivity contribution in [2.45, 2.75) is 40.0 Å². The van der Waals surface area contributed by atoms with Gasteiger partial charge in [0, 0.05) is 5.56 Å². The normalized spacial score (nSPS) is 11.9. The Morgan fingerprint density at radius 2 is 1.83 bits per heavy atom. The molecule has 0 aliphatic heterocycles. The molecular formula is C18H22. The van der Waals surface area contributed by atoms with Crippen molar-refractivity contribution in [2.75, 3.05) is 0 Å². The van der Waals surface area contributed by atoms with E-state index in [-0.39, 0.29) is 0 Å². The van der Waals surface area contributed by atoms with Gasteiger partial charge in [0.25, 0.3) is 0 Å². The van der Waals surface area contributed by atoms with E-state index in [4.69, 9.17) is 0 Å². The van der Waals surface area contributed by atoms with Crippen LogP contribution in [0.2, 0.25) is 0 Å². The van der Waals surface area contributed by atoms with Gasteiger partial charge in [-0.1, -0.05) is 68.0 Å². The van der Waals surface area contributed by atoms with Crippen LogP contribution >= 0.6 is 0 Å². The lowest BCUT2D eigenvalue weighted by Gasteiger charge is -1.99. The Morgan fingerprint density at radius 1 is 1.11 bits per heavy atom. The topological polar surface area (TPSA) is 0 Å². The second kappa shape index (κ2) is 8.37. The highest BCUT2D eigenvalue weighted by Gasteiger charge is 1.90. The average Bonchev–Trinajstić information content (AvgIpc) is 2.42. The van der Waals surface area contributed by atoms with Gasteiger partial charge in [-0.15, -0.1) is 0 Å². The van der Waals surface area contributed by atoms with Crippen LogP contribution in [0.3, 0.4) is 0 Å². The molecule has 0 bridgehead atoms. The number of benzene rings is 1. The lowest BCUT2D eigenvalue weighted by Crippen LogP contribution is -1.79. The van der Waals surface area contributed by atoms with Crippen LogP contribution in [0.5, 0.6) is 0 Å². The second-order valence-electron chi connectivity index (χ2n) is 4.39. The predicted octanol–water partition coefficient (Wildman–Crippen LogP) is 5.12. The van der Waals surface area contributed by atoms with Gasteiger partial charge >= 0.3 is 0 Å². The van der Waals surface area contributed by atoms with Gasteiger partial charge in [-0.25, -0.2) is 0 Å². The van der Waals surface area contributed by atoms with Crippen molar-refractivity contribution in [3.05, 3.63) is 59.2 Å². The molecule has 0 atom stereocenters. The van der Waals surface area contributed by atoms with E-state index >= 15 is 0 Å². The van der Waals surface area contributed by atoms with Crippen molar-refractivity contribution in [1.29, 1.82) is 0 Å². The lowest BCUT2D eigenvalue weighted by molar-refractivity contribution is 0.859. The van der Waals surface area contributed by atoms with Crippen molar-refractivity contribution < 1.29 is 0 Å². The number of hydrogen-bond acceptors (Lipinski definition) is 0.